The molecule has 0 saturated carbocycles. The van der Waals surface area contributed by atoms with Gasteiger partial charge in [0.15, 0.2) is 0 Å². The van der Waals surface area contributed by atoms with Gasteiger partial charge in [0.05, 0.1) is 0 Å². The van der Waals surface area contributed by atoms with Gasteiger partial charge in [0.2, 0.25) is 0 Å². The van der Waals surface area contributed by atoms with Gasteiger partial charge in [0.25, 0.3) is 5.91 Å². The summed E-state index contributed by atoms with van der Waals surface area (Å²) in [7, 11) is 2.13. The van der Waals surface area contributed by atoms with Crippen LogP contribution in [0, 0.1) is 5.92 Å². The van der Waals surface area contributed by atoms with Crippen molar-refractivity contribution in [1.82, 2.24) is 15.2 Å². The third-order valence-corrected chi connectivity index (χ3v) is 4.10. The van der Waals surface area contributed by atoms with Crippen LogP contribution >= 0.6 is 11.3 Å². The fourth-order valence-corrected chi connectivity index (χ4v) is 2.93. The minimum atomic E-state index is -0.0841. The molecule has 6 heteroatoms. The van der Waals surface area contributed by atoms with E-state index in [1.165, 1.54) is 24.2 Å². The first-order valence-electron chi connectivity index (χ1n) is 6.30. The lowest BCUT2D eigenvalue weighted by Gasteiger charge is -2.29. The van der Waals surface area contributed by atoms with E-state index < -0.39 is 0 Å². The van der Waals surface area contributed by atoms with Gasteiger partial charge >= 0.3 is 0 Å². The number of amides is 1. The maximum atomic E-state index is 11.9. The molecule has 1 aromatic rings. The Kier molecular flexibility index (Phi) is 4.68. The zero-order chi connectivity index (χ0) is 13.0. The number of nitrogens with two attached hydrogens (primary N) is 1. The maximum absolute atomic E-state index is 11.9. The largest absolute Gasteiger partial charge is 0.350 e. The predicted octanol–water partition coefficient (Wildman–Crippen LogP) is 0.673. The number of likely N-dealkylation sites (tertiary alicyclic amines) is 1. The number of piperidine rings is 1. The van der Waals surface area contributed by atoms with E-state index in [4.69, 9.17) is 5.73 Å². The summed E-state index contributed by atoms with van der Waals surface area (Å²) in [6.07, 6.45) is 2.40. The molecule has 2 rings (SSSR count). The monoisotopic (exact) mass is 268 g/mol. The highest BCUT2D eigenvalue weighted by Gasteiger charge is 2.18. The molecule has 18 heavy (non-hydrogen) atoms. The average Bonchev–Trinajstić information content (AvgIpc) is 2.85. The lowest BCUT2D eigenvalue weighted by Crippen LogP contribution is -2.39. The van der Waals surface area contributed by atoms with E-state index >= 15 is 0 Å². The van der Waals surface area contributed by atoms with Crippen molar-refractivity contribution in [2.45, 2.75) is 19.4 Å². The number of nitrogens with zero attached hydrogens (tertiary/aromatic N) is 2. The molecule has 3 N–H and O–H groups in total. The molecule has 1 saturated heterocycles. The van der Waals surface area contributed by atoms with E-state index in [0.29, 0.717) is 18.2 Å². The van der Waals surface area contributed by atoms with Crippen molar-refractivity contribution in [2.24, 2.45) is 11.7 Å². The molecule has 0 spiro atoms. The third kappa shape index (κ3) is 3.51. The summed E-state index contributed by atoms with van der Waals surface area (Å²) in [6, 6.07) is 0. The highest BCUT2D eigenvalue weighted by Crippen LogP contribution is 2.14. The van der Waals surface area contributed by atoms with E-state index in [1.807, 2.05) is 0 Å². The highest BCUT2D eigenvalue weighted by atomic mass is 32.1. The number of thiazole rings is 1. The van der Waals surface area contributed by atoms with Crippen LogP contribution in [0.1, 0.15) is 28.3 Å². The molecule has 1 aromatic heterocycles. The molecule has 0 aromatic carbocycles. The Bertz CT molecular complexity index is 407. The van der Waals surface area contributed by atoms with Crippen LogP contribution in [0.15, 0.2) is 5.38 Å². The van der Waals surface area contributed by atoms with Crippen LogP contribution in [-0.4, -0.2) is 42.5 Å². The molecule has 1 unspecified atom stereocenters. The van der Waals surface area contributed by atoms with Crippen molar-refractivity contribution in [1.29, 1.82) is 0 Å². The number of carbonyl (C=O) groups excluding carboxylic acids is 1. The number of hydrogen-bond donors (Lipinski definition) is 2. The van der Waals surface area contributed by atoms with E-state index in [9.17, 15) is 4.79 Å². The minimum Gasteiger partial charge on any atom is -0.350 e. The SMILES string of the molecule is CN1CCCC(CNC(=O)c2csc(CN)n2)C1. The van der Waals surface area contributed by atoms with Gasteiger partial charge in [-0.05, 0) is 32.4 Å². The van der Waals surface area contributed by atoms with Crippen LogP contribution in [-0.2, 0) is 6.54 Å². The molecular weight excluding hydrogens is 248 g/mol. The maximum Gasteiger partial charge on any atom is 0.270 e. The van der Waals surface area contributed by atoms with Crippen molar-refractivity contribution in [2.75, 3.05) is 26.7 Å². The summed E-state index contributed by atoms with van der Waals surface area (Å²) >= 11 is 1.43. The van der Waals surface area contributed by atoms with E-state index in [-0.39, 0.29) is 5.91 Å². The van der Waals surface area contributed by atoms with Crippen LogP contribution in [0.5, 0.6) is 0 Å². The smallest absolute Gasteiger partial charge is 0.270 e. The van der Waals surface area contributed by atoms with Gasteiger partial charge in [-0.2, -0.15) is 0 Å². The molecule has 0 radical (unpaired) electrons. The summed E-state index contributed by atoms with van der Waals surface area (Å²) in [5.74, 6) is 0.472. The molecule has 2 heterocycles. The van der Waals surface area contributed by atoms with Crippen LogP contribution in [0.25, 0.3) is 0 Å². The number of carbonyl (C=O) groups is 1. The lowest BCUT2D eigenvalue weighted by molar-refractivity contribution is 0.0932. The molecule has 100 valence electrons. The lowest BCUT2D eigenvalue weighted by atomic mass is 9.98. The summed E-state index contributed by atoms with van der Waals surface area (Å²) < 4.78 is 0. The van der Waals surface area contributed by atoms with E-state index in [2.05, 4.69) is 22.2 Å². The van der Waals surface area contributed by atoms with Crippen molar-refractivity contribution in [3.63, 3.8) is 0 Å². The Morgan fingerprint density at radius 2 is 2.56 bits per heavy atom. The number of rotatable bonds is 4. The van der Waals surface area contributed by atoms with E-state index in [0.717, 1.165) is 24.6 Å². The molecular formula is C12H20N4OS. The zero-order valence-electron chi connectivity index (χ0n) is 10.7. The van der Waals surface area contributed by atoms with Crippen molar-refractivity contribution < 1.29 is 4.79 Å². The highest BCUT2D eigenvalue weighted by molar-refractivity contribution is 7.09. The Labute approximate surface area is 111 Å². The van der Waals surface area contributed by atoms with Gasteiger partial charge < -0.3 is 16.0 Å². The molecule has 1 atom stereocenters. The molecule has 5 nitrogen and oxygen atoms in total. The average molecular weight is 268 g/mol. The molecule has 0 aliphatic carbocycles. The predicted molar refractivity (Wildman–Crippen MR) is 72.6 cm³/mol. The first kappa shape index (κ1) is 13.5. The van der Waals surface area contributed by atoms with E-state index in [1.54, 1.807) is 5.38 Å². The standard InChI is InChI=1S/C12H20N4OS/c1-16-4-2-3-9(7-16)6-14-12(17)10-8-18-11(5-13)15-10/h8-9H,2-7,13H2,1H3,(H,14,17). The third-order valence-electron chi connectivity index (χ3n) is 3.23. The quantitative estimate of drug-likeness (QED) is 0.842. The van der Waals surface area contributed by atoms with Crippen molar-refractivity contribution in [3.8, 4) is 0 Å². The molecule has 1 aliphatic heterocycles. The minimum absolute atomic E-state index is 0.0841. The Hall–Kier alpha value is -0.980. The fraction of sp³-hybridized carbons (Fsp3) is 0.667. The second-order valence-corrected chi connectivity index (χ2v) is 5.75. The zero-order valence-corrected chi connectivity index (χ0v) is 11.5. The van der Waals surface area contributed by atoms with Crippen LogP contribution in [0.4, 0.5) is 0 Å². The fourth-order valence-electron chi connectivity index (χ4n) is 2.28. The number of nitrogens with one attached hydrogen (secondary N) is 1. The van der Waals surface area contributed by atoms with Crippen LogP contribution < -0.4 is 11.1 Å². The number of hydrogen-bond acceptors (Lipinski definition) is 5. The normalized spacial score (nSPS) is 20.9. The Balaban J connectivity index is 1.80. The second-order valence-electron chi connectivity index (χ2n) is 4.81. The van der Waals surface area contributed by atoms with Crippen molar-refractivity contribution >= 4 is 17.2 Å². The molecule has 1 fully saturated rings. The summed E-state index contributed by atoms with van der Waals surface area (Å²) in [4.78, 5) is 18.4. The van der Waals surface area contributed by atoms with Gasteiger partial charge in [0, 0.05) is 25.0 Å². The first-order chi connectivity index (χ1) is 8.69. The van der Waals surface area contributed by atoms with Gasteiger partial charge in [-0.1, -0.05) is 0 Å². The number of aromatic nitrogens is 1. The Morgan fingerprint density at radius 3 is 3.22 bits per heavy atom. The first-order valence-corrected chi connectivity index (χ1v) is 7.18. The summed E-state index contributed by atoms with van der Waals surface area (Å²) in [5.41, 5.74) is 5.97. The second kappa shape index (κ2) is 6.26. The van der Waals surface area contributed by atoms with Gasteiger partial charge in [-0.15, -0.1) is 11.3 Å². The topological polar surface area (TPSA) is 71.2 Å². The van der Waals surface area contributed by atoms with Gasteiger partial charge in [0.1, 0.15) is 10.7 Å². The molecule has 0 bridgehead atoms. The summed E-state index contributed by atoms with van der Waals surface area (Å²) in [6.45, 7) is 3.35. The Morgan fingerprint density at radius 1 is 1.72 bits per heavy atom. The molecule has 1 aliphatic rings. The van der Waals surface area contributed by atoms with Crippen LogP contribution in [0.3, 0.4) is 0 Å². The molecule has 1 amide bonds. The van der Waals surface area contributed by atoms with Crippen molar-refractivity contribution in [3.05, 3.63) is 16.1 Å². The van der Waals surface area contributed by atoms with Gasteiger partial charge in [-0.25, -0.2) is 4.98 Å². The van der Waals surface area contributed by atoms with Crippen LogP contribution in [0.2, 0.25) is 0 Å². The van der Waals surface area contributed by atoms with Gasteiger partial charge in [-0.3, -0.25) is 4.79 Å². The summed E-state index contributed by atoms with van der Waals surface area (Å²) in [5, 5.41) is 5.54.